The molecular weight excluding hydrogens is 789 g/mol. The number of methoxy groups -OCH3 is 2. The van der Waals surface area contributed by atoms with E-state index in [2.05, 4.69) is 4.98 Å². The molecule has 2 heterocycles. The number of hydrogen-bond acceptors (Lipinski definition) is 11. The Labute approximate surface area is 347 Å². The molecule has 13 nitrogen and oxygen atoms in total. The van der Waals surface area contributed by atoms with Crippen LogP contribution in [0.1, 0.15) is 39.6 Å². The first-order valence-corrected chi connectivity index (χ1v) is 20.6. The fraction of sp³-hybridized carbons (Fsp3) is 0.261. The first kappa shape index (κ1) is 42.3. The SMILES string of the molecule is COc1ccc(C(OC[C@@]2(COS(=O)(=O)c3ccc(C)cc3)O[C@@H](n3cc(C)c(=O)[nH]c3=O)[C@H](O)[C@H]2OCc2ccccc2)(c2ccccc2)c2ccc(OC)cc2)cc1. The van der Waals surface area contributed by atoms with E-state index in [0.717, 1.165) is 15.7 Å². The Balaban J connectivity index is 1.42. The van der Waals surface area contributed by atoms with Crippen molar-refractivity contribution in [3.8, 4) is 11.5 Å². The molecule has 0 radical (unpaired) electrons. The third-order valence-corrected chi connectivity index (χ3v) is 11.9. The molecule has 60 heavy (non-hydrogen) atoms. The molecule has 312 valence electrons. The molecule has 0 amide bonds. The molecule has 0 aliphatic carbocycles. The summed E-state index contributed by atoms with van der Waals surface area (Å²) in [6, 6.07) is 39.4. The summed E-state index contributed by atoms with van der Waals surface area (Å²) in [6.45, 7) is 2.07. The molecule has 0 saturated carbocycles. The molecular formula is C46H46N2O11S. The van der Waals surface area contributed by atoms with Gasteiger partial charge >= 0.3 is 5.69 Å². The predicted molar refractivity (Wildman–Crippen MR) is 223 cm³/mol. The van der Waals surface area contributed by atoms with Crippen LogP contribution in [0, 0.1) is 13.8 Å². The largest absolute Gasteiger partial charge is 0.497 e. The number of nitrogens with zero attached hydrogens (tertiary/aromatic N) is 1. The molecule has 7 rings (SSSR count). The Morgan fingerprint density at radius 2 is 1.30 bits per heavy atom. The number of hydrogen-bond donors (Lipinski definition) is 2. The van der Waals surface area contributed by atoms with Gasteiger partial charge in [0.1, 0.15) is 41.5 Å². The summed E-state index contributed by atoms with van der Waals surface area (Å²) in [5.41, 5.74) is -1.12. The lowest BCUT2D eigenvalue weighted by Gasteiger charge is -2.41. The summed E-state index contributed by atoms with van der Waals surface area (Å²) in [6.07, 6.45) is -3.25. The third-order valence-electron chi connectivity index (χ3n) is 10.6. The second kappa shape index (κ2) is 17.8. The van der Waals surface area contributed by atoms with Crippen molar-refractivity contribution in [1.82, 2.24) is 9.55 Å². The normalized spacial score (nSPS) is 19.2. The van der Waals surface area contributed by atoms with Crippen LogP contribution in [-0.4, -0.2) is 68.3 Å². The van der Waals surface area contributed by atoms with Crippen molar-refractivity contribution in [1.29, 1.82) is 0 Å². The number of ether oxygens (including phenoxy) is 5. The van der Waals surface area contributed by atoms with Crippen LogP contribution < -0.4 is 20.7 Å². The monoisotopic (exact) mass is 834 g/mol. The minimum atomic E-state index is -4.46. The minimum Gasteiger partial charge on any atom is -0.497 e. The summed E-state index contributed by atoms with van der Waals surface area (Å²) in [5.74, 6) is 1.20. The topological polar surface area (TPSA) is 165 Å². The molecule has 5 aromatic carbocycles. The molecule has 0 unspecified atom stereocenters. The standard InChI is InChI=1S/C46H46N2O11S/c1-31-15-25-39(26-16-31)60(52,53)58-30-45(41(56-28-33-11-7-5-8-12-33)40(49)43(59-45)48-27-32(2)42(50)47-44(48)51)29-57-46(34-13-9-6-10-14-34,35-17-21-37(54-3)22-18-35)36-19-23-38(55-4)24-20-36/h5-27,40-41,43,49H,28-30H2,1-4H3,(H,47,50,51)/t40-,41-,43-,45+/m1/s1. The number of aryl methyl sites for hydroxylation is 2. The van der Waals surface area contributed by atoms with Crippen molar-refractivity contribution in [2.45, 2.75) is 55.0 Å². The molecule has 1 saturated heterocycles. The Kier molecular flexibility index (Phi) is 12.5. The maximum absolute atomic E-state index is 13.9. The van der Waals surface area contributed by atoms with Crippen LogP contribution in [0.5, 0.6) is 11.5 Å². The molecule has 1 aromatic heterocycles. The number of benzene rings is 5. The second-order valence-corrected chi connectivity index (χ2v) is 16.2. The maximum atomic E-state index is 13.9. The number of aromatic amines is 1. The van der Waals surface area contributed by atoms with Crippen LogP contribution in [0.3, 0.4) is 0 Å². The zero-order chi connectivity index (χ0) is 42.5. The Morgan fingerprint density at radius 3 is 1.87 bits per heavy atom. The van der Waals surface area contributed by atoms with E-state index in [1.807, 2.05) is 91.9 Å². The number of H-pyrrole nitrogens is 1. The number of aromatic nitrogens is 2. The Bertz CT molecular complexity index is 2550. The molecule has 0 bridgehead atoms. The molecule has 14 heteroatoms. The lowest BCUT2D eigenvalue weighted by atomic mass is 9.79. The van der Waals surface area contributed by atoms with E-state index < -0.39 is 64.2 Å². The number of rotatable bonds is 16. The molecule has 6 aromatic rings. The van der Waals surface area contributed by atoms with Gasteiger partial charge in [0.25, 0.3) is 15.7 Å². The molecule has 4 atom stereocenters. The van der Waals surface area contributed by atoms with Gasteiger partial charge in [-0.15, -0.1) is 0 Å². The highest BCUT2D eigenvalue weighted by Gasteiger charge is 2.59. The Morgan fingerprint density at radius 1 is 0.750 bits per heavy atom. The van der Waals surface area contributed by atoms with Crippen LogP contribution in [0.4, 0.5) is 0 Å². The lowest BCUT2D eigenvalue weighted by molar-refractivity contribution is -0.184. The van der Waals surface area contributed by atoms with Crippen molar-refractivity contribution in [3.63, 3.8) is 0 Å². The number of nitrogens with one attached hydrogen (secondary N) is 1. The highest BCUT2D eigenvalue weighted by Crippen LogP contribution is 2.46. The van der Waals surface area contributed by atoms with Crippen LogP contribution in [0.25, 0.3) is 0 Å². The van der Waals surface area contributed by atoms with Gasteiger partial charge in [0.05, 0.1) is 32.3 Å². The predicted octanol–water partition coefficient (Wildman–Crippen LogP) is 5.80. The van der Waals surface area contributed by atoms with Crippen molar-refractivity contribution in [2.75, 3.05) is 27.4 Å². The lowest BCUT2D eigenvalue weighted by Crippen LogP contribution is -2.54. The van der Waals surface area contributed by atoms with Gasteiger partial charge in [-0.3, -0.25) is 18.5 Å². The van der Waals surface area contributed by atoms with E-state index in [1.54, 1.807) is 50.6 Å². The molecule has 1 fully saturated rings. The van der Waals surface area contributed by atoms with Crippen molar-refractivity contribution >= 4 is 10.1 Å². The minimum absolute atomic E-state index is 0.0502. The van der Waals surface area contributed by atoms with Gasteiger partial charge in [0, 0.05) is 11.8 Å². The molecule has 1 aliphatic heterocycles. The van der Waals surface area contributed by atoms with Gasteiger partial charge in [-0.2, -0.15) is 8.42 Å². The zero-order valence-corrected chi connectivity index (χ0v) is 34.3. The van der Waals surface area contributed by atoms with Crippen LogP contribution in [-0.2, 0) is 40.7 Å². The average Bonchev–Trinajstić information content (AvgIpc) is 3.55. The number of aliphatic hydroxyl groups excluding tert-OH is 1. The van der Waals surface area contributed by atoms with Gasteiger partial charge in [-0.25, -0.2) is 4.79 Å². The van der Waals surface area contributed by atoms with Gasteiger partial charge in [0.2, 0.25) is 0 Å². The van der Waals surface area contributed by atoms with Gasteiger partial charge < -0.3 is 28.8 Å². The van der Waals surface area contributed by atoms with Gasteiger partial charge in [-0.05, 0) is 72.5 Å². The van der Waals surface area contributed by atoms with E-state index in [0.29, 0.717) is 28.2 Å². The molecule has 2 N–H and O–H groups in total. The van der Waals surface area contributed by atoms with Crippen LogP contribution >= 0.6 is 0 Å². The van der Waals surface area contributed by atoms with Gasteiger partial charge in [-0.1, -0.05) is 103 Å². The highest BCUT2D eigenvalue weighted by molar-refractivity contribution is 7.86. The van der Waals surface area contributed by atoms with Gasteiger partial charge in [0.15, 0.2) is 6.23 Å². The number of aliphatic hydroxyl groups is 1. The third kappa shape index (κ3) is 8.57. The van der Waals surface area contributed by atoms with E-state index in [9.17, 15) is 23.1 Å². The average molecular weight is 835 g/mol. The second-order valence-electron chi connectivity index (χ2n) is 14.6. The summed E-state index contributed by atoms with van der Waals surface area (Å²) in [5, 5.41) is 12.3. The summed E-state index contributed by atoms with van der Waals surface area (Å²) in [7, 11) is -1.32. The maximum Gasteiger partial charge on any atom is 0.330 e. The van der Waals surface area contributed by atoms with Crippen molar-refractivity contribution in [3.05, 3.63) is 194 Å². The smallest absolute Gasteiger partial charge is 0.330 e. The summed E-state index contributed by atoms with van der Waals surface area (Å²) < 4.78 is 66.4. The summed E-state index contributed by atoms with van der Waals surface area (Å²) >= 11 is 0. The highest BCUT2D eigenvalue weighted by atomic mass is 32.2. The van der Waals surface area contributed by atoms with Crippen molar-refractivity contribution < 1.29 is 41.4 Å². The van der Waals surface area contributed by atoms with E-state index in [-0.39, 0.29) is 17.1 Å². The molecule has 1 aliphatic rings. The first-order chi connectivity index (χ1) is 28.9. The van der Waals surface area contributed by atoms with Crippen LogP contribution in [0.15, 0.2) is 154 Å². The quantitative estimate of drug-likeness (QED) is 0.0895. The van der Waals surface area contributed by atoms with E-state index in [4.69, 9.17) is 27.9 Å². The zero-order valence-electron chi connectivity index (χ0n) is 33.5. The summed E-state index contributed by atoms with van der Waals surface area (Å²) in [4.78, 5) is 28.1. The fourth-order valence-corrected chi connectivity index (χ4v) is 8.33. The van der Waals surface area contributed by atoms with E-state index in [1.165, 1.54) is 25.3 Å². The van der Waals surface area contributed by atoms with Crippen LogP contribution in [0.2, 0.25) is 0 Å². The van der Waals surface area contributed by atoms with E-state index >= 15 is 0 Å². The first-order valence-electron chi connectivity index (χ1n) is 19.2. The Hall–Kier alpha value is -5.87. The molecule has 0 spiro atoms. The fourth-order valence-electron chi connectivity index (χ4n) is 7.37. The van der Waals surface area contributed by atoms with Crippen molar-refractivity contribution in [2.24, 2.45) is 0 Å².